The van der Waals surface area contributed by atoms with E-state index in [1.54, 1.807) is 10.6 Å². The van der Waals surface area contributed by atoms with E-state index >= 15 is 0 Å². The molecule has 0 aliphatic heterocycles. The summed E-state index contributed by atoms with van der Waals surface area (Å²) in [5.74, 6) is 0.372. The molecule has 0 unspecified atom stereocenters. The van der Waals surface area contributed by atoms with Gasteiger partial charge in [-0.05, 0) is 42.3 Å². The molecule has 0 radical (unpaired) electrons. The number of nitrogens with two attached hydrogens (primary N) is 1. The van der Waals surface area contributed by atoms with Crippen molar-refractivity contribution in [1.29, 1.82) is 0 Å². The number of hydrogen-bond acceptors (Lipinski definition) is 5. The smallest absolute Gasteiger partial charge is 0.255 e. The molecule has 1 amide bonds. The summed E-state index contributed by atoms with van der Waals surface area (Å²) in [6.07, 6.45) is 1.64. The first kappa shape index (κ1) is 21.0. The fourth-order valence-electron chi connectivity index (χ4n) is 3.48. The standard InChI is InChI=1S/C24H22FN5O2/c1-14(2)21-19-10-11-27-24(26)30(19)22(29-21)16-6-4-15(5-7-16)13-28-23(31)18-12-17(25)8-9-20(18)32-3/h4-12H,1,13H2,2-3H3,(H2,26,27)(H,28,31). The van der Waals surface area contributed by atoms with Crippen LogP contribution in [0.1, 0.15) is 28.5 Å². The predicted octanol–water partition coefficient (Wildman–Crippen LogP) is 4.09. The summed E-state index contributed by atoms with van der Waals surface area (Å²) in [4.78, 5) is 21.4. The van der Waals surface area contributed by atoms with Crippen LogP contribution in [0.4, 0.5) is 10.3 Å². The third-order valence-corrected chi connectivity index (χ3v) is 5.06. The van der Waals surface area contributed by atoms with Crippen LogP contribution in [-0.2, 0) is 6.54 Å². The van der Waals surface area contributed by atoms with Gasteiger partial charge in [0.15, 0.2) is 0 Å². The van der Waals surface area contributed by atoms with E-state index in [4.69, 9.17) is 15.5 Å². The summed E-state index contributed by atoms with van der Waals surface area (Å²) >= 11 is 0. The zero-order valence-electron chi connectivity index (χ0n) is 17.7. The number of benzene rings is 2. The van der Waals surface area contributed by atoms with Crippen LogP contribution in [0, 0.1) is 5.82 Å². The van der Waals surface area contributed by atoms with Gasteiger partial charge in [0, 0.05) is 18.3 Å². The maximum Gasteiger partial charge on any atom is 0.255 e. The number of nitrogens with zero attached hydrogens (tertiary/aromatic N) is 3. The number of allylic oxidation sites excluding steroid dienone is 1. The molecular weight excluding hydrogens is 409 g/mol. The lowest BCUT2D eigenvalue weighted by Gasteiger charge is -2.10. The highest BCUT2D eigenvalue weighted by molar-refractivity contribution is 5.96. The van der Waals surface area contributed by atoms with Crippen molar-refractivity contribution in [1.82, 2.24) is 19.7 Å². The minimum absolute atomic E-state index is 0.142. The molecule has 2 aromatic carbocycles. The van der Waals surface area contributed by atoms with Gasteiger partial charge in [-0.25, -0.2) is 14.4 Å². The number of anilines is 1. The van der Waals surface area contributed by atoms with Crippen LogP contribution in [0.25, 0.3) is 22.5 Å². The van der Waals surface area contributed by atoms with Crippen molar-refractivity contribution in [3.63, 3.8) is 0 Å². The molecule has 0 aliphatic rings. The van der Waals surface area contributed by atoms with Crippen LogP contribution in [0.15, 0.2) is 61.3 Å². The highest BCUT2D eigenvalue weighted by Crippen LogP contribution is 2.28. The Hall–Kier alpha value is -4.20. The van der Waals surface area contributed by atoms with Crippen LogP contribution >= 0.6 is 0 Å². The summed E-state index contributed by atoms with van der Waals surface area (Å²) in [6, 6.07) is 13.2. The number of rotatable bonds is 6. The van der Waals surface area contributed by atoms with Crippen LogP contribution < -0.4 is 15.8 Å². The molecule has 0 spiro atoms. The van der Waals surface area contributed by atoms with E-state index in [0.29, 0.717) is 17.5 Å². The average molecular weight is 431 g/mol. The summed E-state index contributed by atoms with van der Waals surface area (Å²) in [6.45, 7) is 6.16. The second-order valence-electron chi connectivity index (χ2n) is 7.31. The maximum atomic E-state index is 13.5. The number of amides is 1. The molecule has 2 heterocycles. The predicted molar refractivity (Wildman–Crippen MR) is 122 cm³/mol. The van der Waals surface area contributed by atoms with Gasteiger partial charge in [0.2, 0.25) is 5.95 Å². The first-order valence-corrected chi connectivity index (χ1v) is 9.89. The fourth-order valence-corrected chi connectivity index (χ4v) is 3.48. The molecule has 0 bridgehead atoms. The van der Waals surface area contributed by atoms with Gasteiger partial charge < -0.3 is 15.8 Å². The number of imidazole rings is 1. The largest absolute Gasteiger partial charge is 0.496 e. The molecule has 0 saturated carbocycles. The van der Waals surface area contributed by atoms with Crippen LogP contribution in [0.3, 0.4) is 0 Å². The molecule has 32 heavy (non-hydrogen) atoms. The van der Waals surface area contributed by atoms with Crippen molar-refractivity contribution < 1.29 is 13.9 Å². The maximum absolute atomic E-state index is 13.5. The zero-order valence-corrected chi connectivity index (χ0v) is 17.7. The molecule has 3 N–H and O–H groups in total. The third kappa shape index (κ3) is 3.90. The molecule has 0 aliphatic carbocycles. The van der Waals surface area contributed by atoms with E-state index in [9.17, 15) is 9.18 Å². The highest BCUT2D eigenvalue weighted by Gasteiger charge is 2.16. The number of aromatic nitrogens is 3. The quantitative estimate of drug-likeness (QED) is 0.480. The van der Waals surface area contributed by atoms with Gasteiger partial charge in [0.05, 0.1) is 23.9 Å². The molecule has 162 valence electrons. The van der Waals surface area contributed by atoms with E-state index < -0.39 is 11.7 Å². The highest BCUT2D eigenvalue weighted by atomic mass is 19.1. The van der Waals surface area contributed by atoms with Gasteiger partial charge in [-0.3, -0.25) is 9.20 Å². The van der Waals surface area contributed by atoms with Crippen LogP contribution in [0.5, 0.6) is 5.75 Å². The van der Waals surface area contributed by atoms with E-state index in [1.165, 1.54) is 19.2 Å². The Bertz CT molecular complexity index is 1330. The minimum Gasteiger partial charge on any atom is -0.496 e. The lowest BCUT2D eigenvalue weighted by Crippen LogP contribution is -2.23. The second-order valence-corrected chi connectivity index (χ2v) is 7.31. The lowest BCUT2D eigenvalue weighted by atomic mass is 10.1. The third-order valence-electron chi connectivity index (χ3n) is 5.06. The van der Waals surface area contributed by atoms with Crippen molar-refractivity contribution in [2.24, 2.45) is 0 Å². The Morgan fingerprint density at radius 1 is 1.22 bits per heavy atom. The van der Waals surface area contributed by atoms with Gasteiger partial charge in [-0.15, -0.1) is 0 Å². The normalized spacial score (nSPS) is 10.8. The molecule has 4 rings (SSSR count). The summed E-state index contributed by atoms with van der Waals surface area (Å²) in [5, 5.41) is 2.79. The number of nitrogens with one attached hydrogen (secondary N) is 1. The topological polar surface area (TPSA) is 94.5 Å². The number of ether oxygens (including phenoxy) is 1. The van der Waals surface area contributed by atoms with Gasteiger partial charge >= 0.3 is 0 Å². The lowest BCUT2D eigenvalue weighted by molar-refractivity contribution is 0.0947. The Morgan fingerprint density at radius 2 is 1.97 bits per heavy atom. The first-order valence-electron chi connectivity index (χ1n) is 9.89. The van der Waals surface area contributed by atoms with Gasteiger partial charge in [0.25, 0.3) is 5.91 Å². The first-order chi connectivity index (χ1) is 15.4. The number of nitrogen functional groups attached to an aromatic ring is 1. The fraction of sp³-hybridized carbons (Fsp3) is 0.125. The van der Waals surface area contributed by atoms with Crippen molar-refractivity contribution in [3.05, 3.63) is 83.9 Å². The number of hydrogen-bond donors (Lipinski definition) is 2. The molecule has 4 aromatic rings. The monoisotopic (exact) mass is 431 g/mol. The Balaban J connectivity index is 1.57. The van der Waals surface area contributed by atoms with E-state index in [1.807, 2.05) is 37.3 Å². The van der Waals surface area contributed by atoms with E-state index in [2.05, 4.69) is 16.9 Å². The minimum atomic E-state index is -0.505. The number of carbonyl (C=O) groups excluding carboxylic acids is 1. The van der Waals surface area contributed by atoms with Gasteiger partial charge in [-0.1, -0.05) is 30.8 Å². The van der Waals surface area contributed by atoms with Crippen LogP contribution in [-0.4, -0.2) is 27.4 Å². The average Bonchev–Trinajstić information content (AvgIpc) is 3.19. The van der Waals surface area contributed by atoms with Crippen molar-refractivity contribution >= 4 is 22.9 Å². The number of halogens is 1. The summed E-state index contributed by atoms with van der Waals surface area (Å²) in [7, 11) is 1.43. The molecule has 8 heteroatoms. The van der Waals surface area contributed by atoms with Crippen molar-refractivity contribution in [2.75, 3.05) is 12.8 Å². The number of methoxy groups -OCH3 is 1. The summed E-state index contributed by atoms with van der Waals surface area (Å²) < 4.78 is 20.5. The van der Waals surface area contributed by atoms with Crippen molar-refractivity contribution in [3.8, 4) is 17.1 Å². The van der Waals surface area contributed by atoms with E-state index in [-0.39, 0.29) is 12.1 Å². The molecule has 0 saturated heterocycles. The Kier molecular flexibility index (Phi) is 5.59. The number of carbonyl (C=O) groups is 1. The Morgan fingerprint density at radius 3 is 2.66 bits per heavy atom. The Labute approximate surface area is 184 Å². The van der Waals surface area contributed by atoms with Gasteiger partial charge in [0.1, 0.15) is 17.4 Å². The zero-order chi connectivity index (χ0) is 22.8. The number of fused-ring (bicyclic) bond motifs is 1. The van der Waals surface area contributed by atoms with Crippen LogP contribution in [0.2, 0.25) is 0 Å². The SMILES string of the molecule is C=C(C)c1nc(-c2ccc(CNC(=O)c3cc(F)ccc3OC)cc2)n2c(N)nccc12. The van der Waals surface area contributed by atoms with E-state index in [0.717, 1.165) is 34.0 Å². The molecule has 0 fully saturated rings. The summed E-state index contributed by atoms with van der Waals surface area (Å²) in [5.41, 5.74) is 10.4. The molecular formula is C24H22FN5O2. The molecule has 2 aromatic heterocycles. The van der Waals surface area contributed by atoms with Gasteiger partial charge in [-0.2, -0.15) is 0 Å². The van der Waals surface area contributed by atoms with Crippen molar-refractivity contribution in [2.45, 2.75) is 13.5 Å². The second kappa shape index (κ2) is 8.50. The molecule has 7 nitrogen and oxygen atoms in total. The molecule has 0 atom stereocenters.